The molecule has 1 heterocycles. The normalized spacial score (nSPS) is 19.3. The summed E-state index contributed by atoms with van der Waals surface area (Å²) in [6, 6.07) is 0. The molecule has 1 rings (SSSR count). The van der Waals surface area contributed by atoms with E-state index in [0.717, 1.165) is 45.3 Å². The maximum Gasteiger partial charge on any atom is 0.307 e. The van der Waals surface area contributed by atoms with Crippen molar-refractivity contribution in [3.63, 3.8) is 0 Å². The van der Waals surface area contributed by atoms with Gasteiger partial charge in [-0.2, -0.15) is 0 Å². The molecule has 0 aromatic carbocycles. The minimum atomic E-state index is -0.737. The van der Waals surface area contributed by atoms with E-state index in [1.54, 1.807) is 0 Å². The highest BCUT2D eigenvalue weighted by Gasteiger charge is 2.27. The quantitative estimate of drug-likeness (QED) is 0.708. The van der Waals surface area contributed by atoms with Crippen LogP contribution in [0, 0.1) is 17.8 Å². The van der Waals surface area contributed by atoms with Crippen LogP contribution in [0.5, 0.6) is 0 Å². The van der Waals surface area contributed by atoms with Crippen molar-refractivity contribution in [1.29, 1.82) is 0 Å². The number of carbonyl (C=O) groups is 2. The van der Waals surface area contributed by atoms with Crippen LogP contribution in [0.1, 0.15) is 53.4 Å². The monoisotopic (exact) mass is 326 g/mol. The average molecular weight is 326 g/mol. The summed E-state index contributed by atoms with van der Waals surface area (Å²) in [5.74, 6) is 0.249. The Labute approximate surface area is 141 Å². The Morgan fingerprint density at radius 1 is 1.13 bits per heavy atom. The lowest BCUT2D eigenvalue weighted by Crippen LogP contribution is -2.46. The second-order valence-electron chi connectivity index (χ2n) is 7.66. The molecule has 1 atom stereocenters. The van der Waals surface area contributed by atoms with E-state index in [4.69, 9.17) is 5.11 Å². The maximum absolute atomic E-state index is 12.6. The van der Waals surface area contributed by atoms with Gasteiger partial charge in [-0.3, -0.25) is 14.5 Å². The molecule has 1 saturated heterocycles. The van der Waals surface area contributed by atoms with Gasteiger partial charge in [0.05, 0.1) is 12.5 Å². The molecule has 0 aliphatic carbocycles. The van der Waals surface area contributed by atoms with Crippen LogP contribution in [0.15, 0.2) is 0 Å². The zero-order valence-corrected chi connectivity index (χ0v) is 15.3. The largest absolute Gasteiger partial charge is 0.481 e. The molecule has 5 heteroatoms. The predicted octanol–water partition coefficient (Wildman–Crippen LogP) is 2.70. The topological polar surface area (TPSA) is 60.9 Å². The summed E-state index contributed by atoms with van der Waals surface area (Å²) in [4.78, 5) is 27.8. The molecule has 0 bridgehead atoms. The summed E-state index contributed by atoms with van der Waals surface area (Å²) in [6.45, 7) is 12.0. The molecule has 0 spiro atoms. The molecular formula is C18H34N2O3. The number of rotatable bonds is 9. The van der Waals surface area contributed by atoms with Gasteiger partial charge in [-0.1, -0.05) is 27.7 Å². The molecule has 0 aromatic rings. The molecule has 0 aromatic heterocycles. The van der Waals surface area contributed by atoms with Crippen LogP contribution in [0.25, 0.3) is 0 Å². The number of nitrogens with zero attached hydrogens (tertiary/aromatic N) is 2. The third kappa shape index (κ3) is 7.82. The lowest BCUT2D eigenvalue weighted by atomic mass is 9.98. The third-order valence-electron chi connectivity index (χ3n) is 4.52. The highest BCUT2D eigenvalue weighted by molar-refractivity contribution is 5.78. The number of carbonyl (C=O) groups excluding carboxylic acids is 1. The van der Waals surface area contributed by atoms with Crippen molar-refractivity contribution < 1.29 is 14.7 Å². The summed E-state index contributed by atoms with van der Waals surface area (Å²) in [5, 5.41) is 9.17. The zero-order valence-electron chi connectivity index (χ0n) is 15.3. The maximum atomic E-state index is 12.6. The fraction of sp³-hybridized carbons (Fsp3) is 0.889. The fourth-order valence-corrected chi connectivity index (χ4v) is 2.88. The van der Waals surface area contributed by atoms with E-state index < -0.39 is 5.97 Å². The molecule has 0 radical (unpaired) electrons. The molecule has 1 aliphatic rings. The number of amides is 1. The van der Waals surface area contributed by atoms with Gasteiger partial charge in [0.15, 0.2) is 0 Å². The van der Waals surface area contributed by atoms with Crippen LogP contribution < -0.4 is 0 Å². The zero-order chi connectivity index (χ0) is 17.4. The molecule has 1 unspecified atom stereocenters. The van der Waals surface area contributed by atoms with E-state index in [1.165, 1.54) is 0 Å². The van der Waals surface area contributed by atoms with Gasteiger partial charge in [0.25, 0.3) is 0 Å². The van der Waals surface area contributed by atoms with E-state index in [1.807, 2.05) is 9.80 Å². The second-order valence-corrected chi connectivity index (χ2v) is 7.66. The number of piperidine rings is 1. The number of likely N-dealkylation sites (tertiary alicyclic amines) is 1. The van der Waals surface area contributed by atoms with Crippen LogP contribution in [-0.4, -0.2) is 59.5 Å². The smallest absolute Gasteiger partial charge is 0.307 e. The van der Waals surface area contributed by atoms with Gasteiger partial charge in [0, 0.05) is 19.6 Å². The molecule has 5 nitrogen and oxygen atoms in total. The molecule has 134 valence electrons. The van der Waals surface area contributed by atoms with Crippen molar-refractivity contribution in [2.75, 3.05) is 32.7 Å². The lowest BCUT2D eigenvalue weighted by Gasteiger charge is -2.32. The number of carboxylic acid groups (broad SMARTS) is 1. The van der Waals surface area contributed by atoms with Crippen molar-refractivity contribution in [2.24, 2.45) is 17.8 Å². The summed E-state index contributed by atoms with van der Waals surface area (Å²) >= 11 is 0. The van der Waals surface area contributed by atoms with E-state index in [0.29, 0.717) is 24.9 Å². The Morgan fingerprint density at radius 2 is 1.70 bits per heavy atom. The highest BCUT2D eigenvalue weighted by Crippen LogP contribution is 2.17. The van der Waals surface area contributed by atoms with E-state index >= 15 is 0 Å². The van der Waals surface area contributed by atoms with Crippen molar-refractivity contribution in [1.82, 2.24) is 9.80 Å². The molecule has 1 amide bonds. The first-order chi connectivity index (χ1) is 10.8. The Bertz CT molecular complexity index is 370. The molecule has 23 heavy (non-hydrogen) atoms. The van der Waals surface area contributed by atoms with Crippen molar-refractivity contribution in [2.45, 2.75) is 53.4 Å². The molecule has 0 saturated carbocycles. The third-order valence-corrected chi connectivity index (χ3v) is 4.52. The lowest BCUT2D eigenvalue weighted by molar-refractivity contribution is -0.145. The molecule has 1 aliphatic heterocycles. The first-order valence-electron chi connectivity index (χ1n) is 9.02. The highest BCUT2D eigenvalue weighted by atomic mass is 16.4. The minimum Gasteiger partial charge on any atom is -0.481 e. The van der Waals surface area contributed by atoms with Crippen molar-refractivity contribution >= 4 is 11.9 Å². The van der Waals surface area contributed by atoms with Gasteiger partial charge in [-0.25, -0.2) is 0 Å². The van der Waals surface area contributed by atoms with Crippen LogP contribution in [0.3, 0.4) is 0 Å². The summed E-state index contributed by atoms with van der Waals surface area (Å²) in [7, 11) is 0. The van der Waals surface area contributed by atoms with Crippen LogP contribution >= 0.6 is 0 Å². The first-order valence-corrected chi connectivity index (χ1v) is 9.02. The Hall–Kier alpha value is -1.10. The van der Waals surface area contributed by atoms with Gasteiger partial charge in [-0.15, -0.1) is 0 Å². The van der Waals surface area contributed by atoms with E-state index in [-0.39, 0.29) is 11.8 Å². The summed E-state index contributed by atoms with van der Waals surface area (Å²) in [6.07, 6.45) is 3.62. The average Bonchev–Trinajstić information content (AvgIpc) is 2.46. The SMILES string of the molecule is CC(C)CCN(CCC(C)C)C(=O)CN1CCCC(C(=O)O)C1. The molecular weight excluding hydrogens is 292 g/mol. The second kappa shape index (κ2) is 9.91. The number of aliphatic carboxylic acids is 1. The standard InChI is InChI=1S/C18H34N2O3/c1-14(2)7-10-20(11-8-15(3)4)17(21)13-19-9-5-6-16(12-19)18(22)23/h14-16H,5-13H2,1-4H3,(H,22,23). The van der Waals surface area contributed by atoms with Crippen LogP contribution in [0.2, 0.25) is 0 Å². The van der Waals surface area contributed by atoms with E-state index in [9.17, 15) is 9.59 Å². The number of carboxylic acids is 1. The number of hydrogen-bond acceptors (Lipinski definition) is 3. The van der Waals surface area contributed by atoms with Gasteiger partial charge in [-0.05, 0) is 44.1 Å². The summed E-state index contributed by atoms with van der Waals surface area (Å²) < 4.78 is 0. The van der Waals surface area contributed by atoms with Crippen LogP contribution in [0.4, 0.5) is 0 Å². The van der Waals surface area contributed by atoms with E-state index in [2.05, 4.69) is 27.7 Å². The first kappa shape index (κ1) is 19.9. The number of hydrogen-bond donors (Lipinski definition) is 1. The predicted molar refractivity (Wildman–Crippen MR) is 92.3 cm³/mol. The fourth-order valence-electron chi connectivity index (χ4n) is 2.88. The van der Waals surface area contributed by atoms with Gasteiger partial charge in [0.2, 0.25) is 5.91 Å². The Kier molecular flexibility index (Phi) is 8.59. The molecule has 1 N–H and O–H groups in total. The minimum absolute atomic E-state index is 0.150. The summed E-state index contributed by atoms with van der Waals surface area (Å²) in [5.41, 5.74) is 0. The van der Waals surface area contributed by atoms with Gasteiger partial charge in [0.1, 0.15) is 0 Å². The molecule has 1 fully saturated rings. The van der Waals surface area contributed by atoms with Crippen LogP contribution in [-0.2, 0) is 9.59 Å². The Balaban J connectivity index is 2.55. The van der Waals surface area contributed by atoms with Gasteiger partial charge < -0.3 is 10.0 Å². The van der Waals surface area contributed by atoms with Gasteiger partial charge >= 0.3 is 5.97 Å². The van der Waals surface area contributed by atoms with Crippen molar-refractivity contribution in [3.05, 3.63) is 0 Å². The Morgan fingerprint density at radius 3 is 2.17 bits per heavy atom. The van der Waals surface area contributed by atoms with Crippen molar-refractivity contribution in [3.8, 4) is 0 Å².